The Bertz CT molecular complexity index is 1000. The number of nitrogens with two attached hydrogens (primary N) is 1. The van der Waals surface area contributed by atoms with Crippen molar-refractivity contribution in [2.24, 2.45) is 5.14 Å². The monoisotopic (exact) mass is 421 g/mol. The highest BCUT2D eigenvalue weighted by Crippen LogP contribution is 2.21. The van der Waals surface area contributed by atoms with Crippen LogP contribution in [0.5, 0.6) is 0 Å². The molecule has 1 aromatic carbocycles. The third kappa shape index (κ3) is 5.00. The van der Waals surface area contributed by atoms with Gasteiger partial charge in [0.2, 0.25) is 10.0 Å². The van der Waals surface area contributed by atoms with Crippen molar-refractivity contribution in [3.05, 3.63) is 48.4 Å². The molecule has 1 aromatic heterocycles. The number of sulfonamides is 1. The molecule has 0 saturated carbocycles. The van der Waals surface area contributed by atoms with Crippen LogP contribution in [0.4, 0.5) is 5.69 Å². The summed E-state index contributed by atoms with van der Waals surface area (Å²) >= 11 is 0. The van der Waals surface area contributed by atoms with Crippen molar-refractivity contribution in [3.63, 3.8) is 0 Å². The van der Waals surface area contributed by atoms with Gasteiger partial charge in [-0.15, -0.1) is 0 Å². The van der Waals surface area contributed by atoms with Crippen LogP contribution in [-0.2, 0) is 24.3 Å². The number of hydrogen-bond acceptors (Lipinski definition) is 7. The molecular formula is C18H19N3O7S. The molecule has 29 heavy (non-hydrogen) atoms. The van der Waals surface area contributed by atoms with Crippen LogP contribution in [0.25, 0.3) is 0 Å². The summed E-state index contributed by atoms with van der Waals surface area (Å²) in [5.41, 5.74) is 0.314. The Morgan fingerprint density at radius 3 is 2.55 bits per heavy atom. The Kier molecular flexibility index (Phi) is 5.99. The van der Waals surface area contributed by atoms with Gasteiger partial charge >= 0.3 is 5.97 Å². The van der Waals surface area contributed by atoms with E-state index in [-0.39, 0.29) is 10.7 Å². The summed E-state index contributed by atoms with van der Waals surface area (Å²) < 4.78 is 32.6. The maximum absolute atomic E-state index is 12.4. The van der Waals surface area contributed by atoms with E-state index in [1.165, 1.54) is 41.5 Å². The molecule has 1 unspecified atom stereocenters. The fourth-order valence-corrected chi connectivity index (χ4v) is 3.47. The van der Waals surface area contributed by atoms with E-state index in [1.54, 1.807) is 6.07 Å². The number of anilines is 1. The Morgan fingerprint density at radius 2 is 1.93 bits per heavy atom. The van der Waals surface area contributed by atoms with Crippen molar-refractivity contribution in [1.29, 1.82) is 0 Å². The van der Waals surface area contributed by atoms with E-state index in [1.807, 2.05) is 0 Å². The lowest BCUT2D eigenvalue weighted by Crippen LogP contribution is -2.42. The third-order valence-electron chi connectivity index (χ3n) is 4.33. The van der Waals surface area contributed by atoms with Gasteiger partial charge in [0.1, 0.15) is 6.04 Å². The van der Waals surface area contributed by atoms with Crippen LogP contribution in [-0.4, -0.2) is 50.3 Å². The number of rotatable bonds is 6. The standard InChI is InChI=1S/C18H19N3O7S/c19-29(25,26)13-7-5-12(6-8-13)20-16(22)11-28-18(24)14-3-1-9-21(14)17(23)15-4-2-10-27-15/h2,4-8,10,14H,1,3,9,11H2,(H,20,22)(H2,19,25,26). The zero-order valence-electron chi connectivity index (χ0n) is 15.2. The minimum atomic E-state index is -3.83. The Labute approximate surface area is 166 Å². The van der Waals surface area contributed by atoms with Crippen LogP contribution < -0.4 is 10.5 Å². The highest BCUT2D eigenvalue weighted by molar-refractivity contribution is 7.89. The number of carbonyl (C=O) groups excluding carboxylic acids is 3. The van der Waals surface area contributed by atoms with Gasteiger partial charge in [-0.1, -0.05) is 0 Å². The summed E-state index contributed by atoms with van der Waals surface area (Å²) in [6, 6.07) is 7.52. The first-order valence-electron chi connectivity index (χ1n) is 8.69. The summed E-state index contributed by atoms with van der Waals surface area (Å²) in [6.45, 7) is -0.156. The molecule has 3 rings (SSSR count). The Balaban J connectivity index is 1.53. The molecule has 1 aliphatic rings. The summed E-state index contributed by atoms with van der Waals surface area (Å²) in [5, 5.41) is 7.48. The molecule has 11 heteroatoms. The molecule has 3 N–H and O–H groups in total. The van der Waals surface area contributed by atoms with Gasteiger partial charge in [0.25, 0.3) is 11.8 Å². The molecular weight excluding hydrogens is 402 g/mol. The number of nitrogens with zero attached hydrogens (tertiary/aromatic N) is 1. The van der Waals surface area contributed by atoms with Crippen LogP contribution in [0, 0.1) is 0 Å². The molecule has 1 aliphatic heterocycles. The highest BCUT2D eigenvalue weighted by atomic mass is 32.2. The lowest BCUT2D eigenvalue weighted by molar-refractivity contribution is -0.151. The van der Waals surface area contributed by atoms with E-state index in [2.05, 4.69) is 5.32 Å². The van der Waals surface area contributed by atoms with E-state index in [4.69, 9.17) is 14.3 Å². The minimum absolute atomic E-state index is 0.0931. The van der Waals surface area contributed by atoms with Crippen molar-refractivity contribution in [2.45, 2.75) is 23.8 Å². The van der Waals surface area contributed by atoms with Gasteiger partial charge in [-0.25, -0.2) is 18.4 Å². The lowest BCUT2D eigenvalue weighted by Gasteiger charge is -2.22. The van der Waals surface area contributed by atoms with Crippen molar-refractivity contribution < 1.29 is 32.0 Å². The lowest BCUT2D eigenvalue weighted by atomic mass is 10.2. The Hall–Kier alpha value is -3.18. The molecule has 154 valence electrons. The summed E-state index contributed by atoms with van der Waals surface area (Å²) in [4.78, 5) is 38.0. The molecule has 0 spiro atoms. The molecule has 0 bridgehead atoms. The fourth-order valence-electron chi connectivity index (χ4n) is 2.95. The molecule has 0 radical (unpaired) electrons. The van der Waals surface area contributed by atoms with Crippen LogP contribution in [0.1, 0.15) is 23.4 Å². The number of esters is 1. The number of primary sulfonamides is 1. The molecule has 1 fully saturated rings. The largest absolute Gasteiger partial charge is 0.459 e. The number of amides is 2. The van der Waals surface area contributed by atoms with E-state index in [9.17, 15) is 22.8 Å². The molecule has 2 amide bonds. The topological polar surface area (TPSA) is 149 Å². The van der Waals surface area contributed by atoms with Crippen molar-refractivity contribution in [1.82, 2.24) is 4.90 Å². The number of likely N-dealkylation sites (tertiary alicyclic amines) is 1. The second-order valence-corrected chi connectivity index (χ2v) is 7.92. The van der Waals surface area contributed by atoms with Crippen molar-refractivity contribution in [2.75, 3.05) is 18.5 Å². The van der Waals surface area contributed by atoms with E-state index >= 15 is 0 Å². The number of nitrogens with one attached hydrogen (secondary N) is 1. The molecule has 1 atom stereocenters. The van der Waals surface area contributed by atoms with Crippen LogP contribution in [0.2, 0.25) is 0 Å². The first kappa shape index (κ1) is 20.6. The third-order valence-corrected chi connectivity index (χ3v) is 5.26. The zero-order valence-corrected chi connectivity index (χ0v) is 16.1. The SMILES string of the molecule is NS(=O)(=O)c1ccc(NC(=O)COC(=O)C2CCCN2C(=O)c2ccco2)cc1. The normalized spacial score (nSPS) is 16.4. The second kappa shape index (κ2) is 8.45. The highest BCUT2D eigenvalue weighted by Gasteiger charge is 2.36. The average molecular weight is 421 g/mol. The first-order valence-corrected chi connectivity index (χ1v) is 10.2. The smallest absolute Gasteiger partial charge is 0.329 e. The summed E-state index contributed by atoms with van der Waals surface area (Å²) in [7, 11) is -3.83. The van der Waals surface area contributed by atoms with Crippen molar-refractivity contribution in [3.8, 4) is 0 Å². The van der Waals surface area contributed by atoms with Gasteiger partial charge in [0, 0.05) is 12.2 Å². The van der Waals surface area contributed by atoms with Gasteiger partial charge in [0.05, 0.1) is 11.2 Å². The quantitative estimate of drug-likeness (QED) is 0.652. The second-order valence-electron chi connectivity index (χ2n) is 6.36. The molecule has 1 saturated heterocycles. The predicted molar refractivity (Wildman–Crippen MR) is 100 cm³/mol. The minimum Gasteiger partial charge on any atom is -0.459 e. The Morgan fingerprint density at radius 1 is 1.21 bits per heavy atom. The maximum atomic E-state index is 12.4. The van der Waals surface area contributed by atoms with E-state index in [0.29, 0.717) is 25.1 Å². The van der Waals surface area contributed by atoms with Gasteiger partial charge in [0.15, 0.2) is 12.4 Å². The van der Waals surface area contributed by atoms with Crippen molar-refractivity contribution >= 4 is 33.5 Å². The van der Waals surface area contributed by atoms with E-state index in [0.717, 1.165) is 0 Å². The molecule has 2 heterocycles. The molecule has 0 aliphatic carbocycles. The van der Waals surface area contributed by atoms with Crippen LogP contribution in [0.15, 0.2) is 52.0 Å². The van der Waals surface area contributed by atoms with Gasteiger partial charge in [-0.3, -0.25) is 9.59 Å². The number of hydrogen-bond donors (Lipinski definition) is 2. The number of benzene rings is 1. The number of furan rings is 1. The first-order chi connectivity index (χ1) is 13.8. The van der Waals surface area contributed by atoms with Gasteiger partial charge < -0.3 is 19.4 Å². The zero-order chi connectivity index (χ0) is 21.0. The number of ether oxygens (including phenoxy) is 1. The van der Waals surface area contributed by atoms with Gasteiger partial charge in [-0.2, -0.15) is 0 Å². The van der Waals surface area contributed by atoms with Gasteiger partial charge in [-0.05, 0) is 49.2 Å². The van der Waals surface area contributed by atoms with Crippen LogP contribution in [0.3, 0.4) is 0 Å². The summed E-state index contributed by atoms with van der Waals surface area (Å²) in [5.74, 6) is -1.56. The predicted octanol–water partition coefficient (Wildman–Crippen LogP) is 0.714. The fraction of sp³-hybridized carbons (Fsp3) is 0.278. The average Bonchev–Trinajstić information content (AvgIpc) is 3.37. The molecule has 2 aromatic rings. The van der Waals surface area contributed by atoms with Crippen LogP contribution >= 0.6 is 0 Å². The maximum Gasteiger partial charge on any atom is 0.329 e. The molecule has 10 nitrogen and oxygen atoms in total. The number of carbonyl (C=O) groups is 3. The van der Waals surface area contributed by atoms with E-state index < -0.39 is 40.5 Å². The summed E-state index contributed by atoms with van der Waals surface area (Å²) in [6.07, 6.45) is 2.44.